The number of likely N-dealkylation sites (tertiary alicyclic amines) is 1. The van der Waals surface area contributed by atoms with E-state index >= 15 is 0 Å². The third-order valence-corrected chi connectivity index (χ3v) is 6.45. The summed E-state index contributed by atoms with van der Waals surface area (Å²) >= 11 is 5.84. The van der Waals surface area contributed by atoms with E-state index < -0.39 is 36.1 Å². The molecular formula is C28H26ClF3N4O5. The van der Waals surface area contributed by atoms with Crippen LogP contribution in [-0.2, 0) is 27.6 Å². The number of amides is 2. The summed E-state index contributed by atoms with van der Waals surface area (Å²) in [6, 6.07) is 18.5. The van der Waals surface area contributed by atoms with E-state index in [2.05, 4.69) is 15.2 Å². The first-order valence-corrected chi connectivity index (χ1v) is 12.8. The molecule has 13 heteroatoms. The maximum absolute atomic E-state index is 12.8. The summed E-state index contributed by atoms with van der Waals surface area (Å²) in [6.45, 7) is 0.629. The molecule has 1 heterocycles. The molecule has 41 heavy (non-hydrogen) atoms. The maximum atomic E-state index is 12.8. The first-order chi connectivity index (χ1) is 19.5. The lowest BCUT2D eigenvalue weighted by Gasteiger charge is -2.40. The molecule has 3 aromatic rings. The molecule has 0 saturated carbocycles. The lowest BCUT2D eigenvalue weighted by molar-refractivity contribution is -0.274. The highest BCUT2D eigenvalue weighted by atomic mass is 35.5. The van der Waals surface area contributed by atoms with Crippen LogP contribution in [0.1, 0.15) is 34.8 Å². The quantitative estimate of drug-likeness (QED) is 0.186. The van der Waals surface area contributed by atoms with Gasteiger partial charge in [-0.1, -0.05) is 71.4 Å². The Morgan fingerprint density at radius 3 is 2.44 bits per heavy atom. The number of aliphatic hydroxyl groups excluding tert-OH is 1. The second-order valence-electron chi connectivity index (χ2n) is 9.16. The monoisotopic (exact) mass is 590 g/mol. The summed E-state index contributed by atoms with van der Waals surface area (Å²) in [5.41, 5.74) is 8.12. The number of carbonyl (C=O) groups excluding carboxylic acids is 2. The molecule has 216 valence electrons. The Morgan fingerprint density at radius 2 is 1.80 bits per heavy atom. The van der Waals surface area contributed by atoms with Crippen LogP contribution in [0.2, 0.25) is 5.02 Å². The number of benzene rings is 3. The van der Waals surface area contributed by atoms with Crippen LogP contribution in [0.3, 0.4) is 0 Å². The number of aliphatic hydroxyl groups is 1. The number of alkyl halides is 3. The maximum Gasteiger partial charge on any atom is 0.573 e. The lowest BCUT2D eigenvalue weighted by Crippen LogP contribution is -2.59. The number of hydrogen-bond donors (Lipinski definition) is 3. The van der Waals surface area contributed by atoms with Crippen LogP contribution < -0.4 is 15.8 Å². The number of rotatable bonds is 10. The highest BCUT2D eigenvalue weighted by molar-refractivity contribution is 6.30. The first-order valence-electron chi connectivity index (χ1n) is 12.4. The molecule has 3 aromatic carbocycles. The van der Waals surface area contributed by atoms with Gasteiger partial charge in [0.1, 0.15) is 18.4 Å². The summed E-state index contributed by atoms with van der Waals surface area (Å²) in [7, 11) is 0. The van der Waals surface area contributed by atoms with Gasteiger partial charge < -0.3 is 30.6 Å². The number of hydrogen-bond acceptors (Lipinski definition) is 6. The minimum Gasteiger partial charge on any atom is -0.406 e. The Kier molecular flexibility index (Phi) is 9.35. The molecule has 0 spiro atoms. The molecule has 0 aliphatic carbocycles. The number of amidine groups is 1. The normalized spacial score (nSPS) is 16.0. The van der Waals surface area contributed by atoms with Gasteiger partial charge in [-0.2, -0.15) is 0 Å². The topological polar surface area (TPSA) is 126 Å². The number of carbonyl (C=O) groups is 2. The van der Waals surface area contributed by atoms with Crippen molar-refractivity contribution in [2.75, 3.05) is 6.54 Å². The van der Waals surface area contributed by atoms with E-state index in [0.29, 0.717) is 12.0 Å². The van der Waals surface area contributed by atoms with Crippen LogP contribution in [0.4, 0.5) is 13.2 Å². The van der Waals surface area contributed by atoms with Crippen molar-refractivity contribution in [1.82, 2.24) is 10.2 Å². The van der Waals surface area contributed by atoms with E-state index in [1.807, 2.05) is 30.3 Å². The van der Waals surface area contributed by atoms with E-state index in [-0.39, 0.29) is 36.1 Å². The minimum absolute atomic E-state index is 0.161. The van der Waals surface area contributed by atoms with Gasteiger partial charge >= 0.3 is 6.36 Å². The van der Waals surface area contributed by atoms with Crippen molar-refractivity contribution >= 4 is 29.3 Å². The summed E-state index contributed by atoms with van der Waals surface area (Å²) < 4.78 is 41.6. The van der Waals surface area contributed by atoms with Crippen LogP contribution in [0.5, 0.6) is 5.75 Å². The zero-order valence-electron chi connectivity index (χ0n) is 21.5. The number of ether oxygens (including phenoxy) is 1. The summed E-state index contributed by atoms with van der Waals surface area (Å²) in [4.78, 5) is 32.0. The fraction of sp³-hybridized carbons (Fsp3) is 0.250. The molecular weight excluding hydrogens is 565 g/mol. The molecule has 2 amide bonds. The van der Waals surface area contributed by atoms with Crippen LogP contribution in [0.15, 0.2) is 78.0 Å². The van der Waals surface area contributed by atoms with Crippen LogP contribution >= 0.6 is 11.6 Å². The number of nitrogens with two attached hydrogens (primary N) is 1. The Morgan fingerprint density at radius 1 is 1.10 bits per heavy atom. The van der Waals surface area contributed by atoms with E-state index in [0.717, 1.165) is 34.2 Å². The van der Waals surface area contributed by atoms with Crippen LogP contribution in [-0.4, -0.2) is 46.6 Å². The van der Waals surface area contributed by atoms with Crippen molar-refractivity contribution in [3.63, 3.8) is 0 Å². The number of nitrogens with one attached hydrogen (secondary N) is 1. The predicted molar refractivity (Wildman–Crippen MR) is 143 cm³/mol. The Labute approximate surface area is 238 Å². The molecule has 1 saturated heterocycles. The summed E-state index contributed by atoms with van der Waals surface area (Å²) in [6.07, 6.45) is -6.46. The highest BCUT2D eigenvalue weighted by Gasteiger charge is 2.40. The molecule has 4 N–H and O–H groups in total. The van der Waals surface area contributed by atoms with Gasteiger partial charge in [0.05, 0.1) is 0 Å². The fourth-order valence-electron chi connectivity index (χ4n) is 4.06. The second kappa shape index (κ2) is 12.9. The molecule has 0 radical (unpaired) electrons. The largest absolute Gasteiger partial charge is 0.573 e. The third-order valence-electron chi connectivity index (χ3n) is 6.24. The zero-order valence-corrected chi connectivity index (χ0v) is 22.2. The highest BCUT2D eigenvalue weighted by Crippen LogP contribution is 2.31. The van der Waals surface area contributed by atoms with Crippen LogP contribution in [0.25, 0.3) is 0 Å². The summed E-state index contributed by atoms with van der Waals surface area (Å²) in [5, 5.41) is 17.0. The van der Waals surface area contributed by atoms with Gasteiger partial charge in [0.2, 0.25) is 5.91 Å². The Bertz CT molecular complexity index is 1400. The zero-order chi connectivity index (χ0) is 29.6. The minimum atomic E-state index is -4.98. The average Bonchev–Trinajstić information content (AvgIpc) is 2.90. The van der Waals surface area contributed by atoms with Gasteiger partial charge in [0.15, 0.2) is 11.9 Å². The van der Waals surface area contributed by atoms with Crippen molar-refractivity contribution in [3.8, 4) is 5.75 Å². The molecule has 1 aliphatic heterocycles. The molecule has 1 fully saturated rings. The number of nitrogens with zero attached hydrogens (tertiary/aromatic N) is 2. The summed E-state index contributed by atoms with van der Waals surface area (Å²) in [5.74, 6) is -1.77. The predicted octanol–water partition coefficient (Wildman–Crippen LogP) is 4.03. The van der Waals surface area contributed by atoms with Crippen molar-refractivity contribution < 1.29 is 37.4 Å². The SMILES string of the molecule is N/C(=N/OCc1ccccc1)c1ccc(CNC(=O)C2CCN2C(=O)C(O)c2cc(Cl)cc(OC(F)(F)F)c2)cc1. The molecule has 2 unspecified atom stereocenters. The van der Waals surface area contributed by atoms with E-state index in [9.17, 15) is 27.9 Å². The first kappa shape index (κ1) is 29.7. The Balaban J connectivity index is 1.29. The Hall–Kier alpha value is -4.29. The number of halogens is 4. The van der Waals surface area contributed by atoms with Gasteiger partial charge in [-0.3, -0.25) is 9.59 Å². The van der Waals surface area contributed by atoms with Crippen molar-refractivity contribution in [3.05, 3.63) is 100 Å². The molecule has 4 rings (SSSR count). The van der Waals surface area contributed by atoms with Gasteiger partial charge in [-0.25, -0.2) is 0 Å². The lowest BCUT2D eigenvalue weighted by atomic mass is 9.98. The molecule has 9 nitrogen and oxygen atoms in total. The standard InChI is InChI=1S/C28H26ClF3N4O5/c29-21-12-20(13-22(14-21)41-28(30,31)32)24(37)27(39)36-11-10-23(36)26(38)34-15-17-6-8-19(9-7-17)25(33)35-40-16-18-4-2-1-3-5-18/h1-9,12-14,23-24,37H,10-11,15-16H2,(H2,33,35)(H,34,38). The van der Waals surface area contributed by atoms with Crippen molar-refractivity contribution in [1.29, 1.82) is 0 Å². The molecule has 0 bridgehead atoms. The van der Waals surface area contributed by atoms with E-state index in [1.165, 1.54) is 0 Å². The van der Waals surface area contributed by atoms with Gasteiger partial charge in [0, 0.05) is 23.7 Å². The molecule has 0 aromatic heterocycles. The molecule has 1 aliphatic rings. The fourth-order valence-corrected chi connectivity index (χ4v) is 4.30. The van der Waals surface area contributed by atoms with Crippen LogP contribution in [0, 0.1) is 0 Å². The van der Waals surface area contributed by atoms with Crippen molar-refractivity contribution in [2.24, 2.45) is 10.9 Å². The van der Waals surface area contributed by atoms with Gasteiger partial charge in [-0.15, -0.1) is 13.2 Å². The third kappa shape index (κ3) is 8.12. The smallest absolute Gasteiger partial charge is 0.406 e. The van der Waals surface area contributed by atoms with Gasteiger partial charge in [-0.05, 0) is 41.3 Å². The second-order valence-corrected chi connectivity index (χ2v) is 9.59. The van der Waals surface area contributed by atoms with E-state index in [1.54, 1.807) is 24.3 Å². The van der Waals surface area contributed by atoms with Crippen molar-refractivity contribution in [2.45, 2.75) is 38.1 Å². The van der Waals surface area contributed by atoms with E-state index in [4.69, 9.17) is 22.2 Å². The average molecular weight is 591 g/mol. The van der Waals surface area contributed by atoms with Gasteiger partial charge in [0.25, 0.3) is 5.91 Å². The number of oxime groups is 1. The molecule has 2 atom stereocenters.